The molecular weight excluding hydrogens is 206 g/mol. The van der Waals surface area contributed by atoms with E-state index in [1.165, 1.54) is 51.6 Å². The van der Waals surface area contributed by atoms with Crippen molar-refractivity contribution in [2.45, 2.75) is 51.5 Å². The molecule has 0 radical (unpaired) electrons. The third kappa shape index (κ3) is 4.32. The van der Waals surface area contributed by atoms with Gasteiger partial charge in [0.15, 0.2) is 0 Å². The lowest BCUT2D eigenvalue weighted by Gasteiger charge is -2.23. The summed E-state index contributed by atoms with van der Waals surface area (Å²) in [7, 11) is 0. The molecule has 0 heterocycles. The van der Waals surface area contributed by atoms with Crippen LogP contribution in [-0.4, -0.2) is 29.9 Å². The van der Waals surface area contributed by atoms with Crippen molar-refractivity contribution in [1.29, 1.82) is 0 Å². The van der Waals surface area contributed by atoms with Crippen molar-refractivity contribution < 1.29 is 0 Å². The molecule has 0 bridgehead atoms. The molecule has 2 aliphatic rings. The SMILES string of the molecule is CC(CCCl)CCN(CC1CC1)C1CC1. The molecule has 0 aliphatic heterocycles. The fourth-order valence-corrected chi connectivity index (χ4v) is 2.58. The van der Waals surface area contributed by atoms with E-state index in [9.17, 15) is 0 Å². The Morgan fingerprint density at radius 3 is 2.47 bits per heavy atom. The van der Waals surface area contributed by atoms with Gasteiger partial charge in [0, 0.05) is 18.5 Å². The molecular formula is C13H24ClN. The summed E-state index contributed by atoms with van der Waals surface area (Å²) in [5.74, 6) is 2.68. The van der Waals surface area contributed by atoms with Crippen molar-refractivity contribution in [1.82, 2.24) is 4.90 Å². The van der Waals surface area contributed by atoms with Crippen LogP contribution in [0.25, 0.3) is 0 Å². The van der Waals surface area contributed by atoms with Crippen LogP contribution in [0, 0.1) is 11.8 Å². The molecule has 88 valence electrons. The summed E-state index contributed by atoms with van der Waals surface area (Å²) in [4.78, 5) is 2.75. The molecule has 2 aliphatic carbocycles. The van der Waals surface area contributed by atoms with Crippen molar-refractivity contribution in [3.63, 3.8) is 0 Å². The fourth-order valence-electron chi connectivity index (χ4n) is 2.21. The second-order valence-electron chi connectivity index (χ2n) is 5.54. The highest BCUT2D eigenvalue weighted by atomic mass is 35.5. The number of alkyl halides is 1. The van der Waals surface area contributed by atoms with Crippen molar-refractivity contribution >= 4 is 11.6 Å². The van der Waals surface area contributed by atoms with Crippen LogP contribution in [0.15, 0.2) is 0 Å². The second kappa shape index (κ2) is 5.54. The van der Waals surface area contributed by atoms with Crippen LogP contribution in [0.5, 0.6) is 0 Å². The maximum absolute atomic E-state index is 5.77. The molecule has 0 aromatic heterocycles. The van der Waals surface area contributed by atoms with E-state index in [4.69, 9.17) is 11.6 Å². The average molecular weight is 230 g/mol. The lowest BCUT2D eigenvalue weighted by Crippen LogP contribution is -2.30. The van der Waals surface area contributed by atoms with Gasteiger partial charge in [-0.2, -0.15) is 0 Å². The third-order valence-electron chi connectivity index (χ3n) is 3.76. The summed E-state index contributed by atoms with van der Waals surface area (Å²) < 4.78 is 0. The zero-order valence-corrected chi connectivity index (χ0v) is 10.7. The van der Waals surface area contributed by atoms with Crippen LogP contribution in [0.1, 0.15) is 45.4 Å². The minimum Gasteiger partial charge on any atom is -0.300 e. The van der Waals surface area contributed by atoms with Crippen LogP contribution in [0.2, 0.25) is 0 Å². The Kier molecular flexibility index (Phi) is 4.33. The molecule has 0 aromatic carbocycles. The Bertz CT molecular complexity index is 187. The first kappa shape index (κ1) is 11.7. The van der Waals surface area contributed by atoms with Gasteiger partial charge >= 0.3 is 0 Å². The Morgan fingerprint density at radius 1 is 1.20 bits per heavy atom. The Balaban J connectivity index is 1.64. The topological polar surface area (TPSA) is 3.24 Å². The van der Waals surface area contributed by atoms with Gasteiger partial charge in [-0.15, -0.1) is 11.6 Å². The molecule has 1 unspecified atom stereocenters. The summed E-state index contributed by atoms with van der Waals surface area (Å²) in [6.45, 7) is 5.04. The van der Waals surface area contributed by atoms with Crippen LogP contribution < -0.4 is 0 Å². The standard InChI is InChI=1S/C13H24ClN/c1-11(6-8-14)7-9-15(13-4-5-13)10-12-2-3-12/h11-13H,2-10H2,1H3. The van der Waals surface area contributed by atoms with E-state index in [0.717, 1.165) is 23.8 Å². The summed E-state index contributed by atoms with van der Waals surface area (Å²) in [6.07, 6.45) is 8.41. The lowest BCUT2D eigenvalue weighted by atomic mass is 10.0. The van der Waals surface area contributed by atoms with Crippen molar-refractivity contribution in [3.05, 3.63) is 0 Å². The van der Waals surface area contributed by atoms with Crippen LogP contribution >= 0.6 is 11.6 Å². The van der Waals surface area contributed by atoms with E-state index in [0.29, 0.717) is 0 Å². The predicted octanol–water partition coefficient (Wildman–Crippen LogP) is 3.52. The summed E-state index contributed by atoms with van der Waals surface area (Å²) in [6, 6.07) is 0.953. The van der Waals surface area contributed by atoms with E-state index in [1.54, 1.807) is 0 Å². The summed E-state index contributed by atoms with van der Waals surface area (Å²) in [5.41, 5.74) is 0. The van der Waals surface area contributed by atoms with Gasteiger partial charge in [0.25, 0.3) is 0 Å². The molecule has 15 heavy (non-hydrogen) atoms. The lowest BCUT2D eigenvalue weighted by molar-refractivity contribution is 0.234. The molecule has 1 nitrogen and oxygen atoms in total. The van der Waals surface area contributed by atoms with Gasteiger partial charge < -0.3 is 4.90 Å². The molecule has 2 heteroatoms. The highest BCUT2D eigenvalue weighted by Crippen LogP contribution is 2.35. The molecule has 1 atom stereocenters. The monoisotopic (exact) mass is 229 g/mol. The smallest absolute Gasteiger partial charge is 0.0225 e. The number of halogens is 1. The minimum absolute atomic E-state index is 0.808. The summed E-state index contributed by atoms with van der Waals surface area (Å²) in [5, 5.41) is 0. The normalized spacial score (nSPS) is 23.4. The Hall–Kier alpha value is 0.250. The quantitative estimate of drug-likeness (QED) is 0.576. The Labute approximate surface area is 99.2 Å². The van der Waals surface area contributed by atoms with Gasteiger partial charge in [0.1, 0.15) is 0 Å². The number of rotatable bonds is 8. The van der Waals surface area contributed by atoms with Gasteiger partial charge in [-0.1, -0.05) is 6.92 Å². The first-order valence-electron chi connectivity index (χ1n) is 6.59. The van der Waals surface area contributed by atoms with E-state index >= 15 is 0 Å². The third-order valence-corrected chi connectivity index (χ3v) is 3.98. The van der Waals surface area contributed by atoms with E-state index in [2.05, 4.69) is 11.8 Å². The molecule has 2 rings (SSSR count). The average Bonchev–Trinajstić information content (AvgIpc) is 3.02. The van der Waals surface area contributed by atoms with Crippen LogP contribution in [-0.2, 0) is 0 Å². The fraction of sp³-hybridized carbons (Fsp3) is 1.00. The van der Waals surface area contributed by atoms with Gasteiger partial charge in [0.05, 0.1) is 0 Å². The van der Waals surface area contributed by atoms with E-state index in [1.807, 2.05) is 0 Å². The summed E-state index contributed by atoms with van der Waals surface area (Å²) >= 11 is 5.77. The number of hydrogen-bond donors (Lipinski definition) is 0. The zero-order valence-electron chi connectivity index (χ0n) is 9.92. The van der Waals surface area contributed by atoms with Gasteiger partial charge in [0.2, 0.25) is 0 Å². The van der Waals surface area contributed by atoms with Crippen LogP contribution in [0.3, 0.4) is 0 Å². The zero-order chi connectivity index (χ0) is 10.7. The molecule has 2 fully saturated rings. The minimum atomic E-state index is 0.808. The number of hydrogen-bond acceptors (Lipinski definition) is 1. The maximum Gasteiger partial charge on any atom is 0.0225 e. The van der Waals surface area contributed by atoms with Crippen molar-refractivity contribution in [2.24, 2.45) is 11.8 Å². The van der Waals surface area contributed by atoms with Gasteiger partial charge in [-0.05, 0) is 56.9 Å². The molecule has 2 saturated carbocycles. The maximum atomic E-state index is 5.77. The van der Waals surface area contributed by atoms with Crippen LogP contribution in [0.4, 0.5) is 0 Å². The van der Waals surface area contributed by atoms with Gasteiger partial charge in [-0.3, -0.25) is 0 Å². The highest BCUT2D eigenvalue weighted by Gasteiger charge is 2.33. The Morgan fingerprint density at radius 2 is 1.93 bits per heavy atom. The molecule has 0 saturated heterocycles. The molecule has 0 N–H and O–H groups in total. The number of nitrogens with zero attached hydrogens (tertiary/aromatic N) is 1. The molecule has 0 aromatic rings. The van der Waals surface area contributed by atoms with Crippen molar-refractivity contribution in [3.8, 4) is 0 Å². The molecule has 0 spiro atoms. The van der Waals surface area contributed by atoms with Gasteiger partial charge in [-0.25, -0.2) is 0 Å². The molecule has 0 amide bonds. The first-order valence-corrected chi connectivity index (χ1v) is 7.13. The predicted molar refractivity (Wildman–Crippen MR) is 66.4 cm³/mol. The highest BCUT2D eigenvalue weighted by molar-refractivity contribution is 6.17. The first-order chi connectivity index (χ1) is 7.29. The van der Waals surface area contributed by atoms with E-state index in [-0.39, 0.29) is 0 Å². The van der Waals surface area contributed by atoms with E-state index < -0.39 is 0 Å². The van der Waals surface area contributed by atoms with Crippen molar-refractivity contribution in [2.75, 3.05) is 19.0 Å². The second-order valence-corrected chi connectivity index (χ2v) is 5.92. The largest absolute Gasteiger partial charge is 0.300 e.